The topological polar surface area (TPSA) is 62.5 Å². The molecule has 8 heteroatoms. The number of carbonyl (C=O) groups excluding carboxylic acids is 1. The van der Waals surface area contributed by atoms with Gasteiger partial charge in [0.05, 0.1) is 12.0 Å². The minimum absolute atomic E-state index is 0.0579. The largest absolute Gasteiger partial charge is 0.340 e. The molecule has 1 amide bonds. The molecular weight excluding hydrogens is 315 g/mol. The number of hydrogen-bond acceptors (Lipinski definition) is 5. The molecule has 0 aromatic carbocycles. The lowest BCUT2D eigenvalue weighted by molar-refractivity contribution is -0.138. The molecule has 0 N–H and O–H groups in total. The monoisotopic (exact) mass is 332 g/mol. The Morgan fingerprint density at radius 1 is 1.33 bits per heavy atom. The summed E-state index contributed by atoms with van der Waals surface area (Å²) in [6.07, 6.45) is 0.532. The maximum Gasteiger partial charge on any atom is 0.231 e. The predicted octanol–water partition coefficient (Wildman–Crippen LogP) is 1.61. The zero-order chi connectivity index (χ0) is 15.3. The van der Waals surface area contributed by atoms with Crippen LogP contribution < -0.4 is 0 Å². The van der Waals surface area contributed by atoms with Crippen molar-refractivity contribution in [3.8, 4) is 0 Å². The molecule has 1 aromatic rings. The van der Waals surface area contributed by atoms with Gasteiger partial charge in [0, 0.05) is 33.1 Å². The number of amides is 1. The number of rotatable bonds is 3. The Bertz CT molecular complexity index is 554. The van der Waals surface area contributed by atoms with Gasteiger partial charge in [-0.25, -0.2) is 0 Å². The van der Waals surface area contributed by atoms with Gasteiger partial charge >= 0.3 is 0 Å². The molecule has 0 spiro atoms. The second-order valence-electron chi connectivity index (χ2n) is 6.01. The second kappa shape index (κ2) is 5.11. The van der Waals surface area contributed by atoms with Crippen LogP contribution in [0.2, 0.25) is 0 Å². The van der Waals surface area contributed by atoms with Crippen molar-refractivity contribution in [2.75, 3.05) is 26.2 Å². The molecular formula is C13H18Cl2N4O2. The van der Waals surface area contributed by atoms with Crippen LogP contribution in [0, 0.1) is 12.3 Å². The minimum Gasteiger partial charge on any atom is -0.340 e. The van der Waals surface area contributed by atoms with E-state index in [9.17, 15) is 4.79 Å². The lowest BCUT2D eigenvalue weighted by Gasteiger charge is -2.35. The minimum atomic E-state index is -0.899. The van der Waals surface area contributed by atoms with Crippen molar-refractivity contribution >= 4 is 29.1 Å². The molecule has 2 aliphatic rings. The van der Waals surface area contributed by atoms with Gasteiger partial charge in [-0.05, 0) is 13.3 Å². The fourth-order valence-corrected chi connectivity index (χ4v) is 3.39. The van der Waals surface area contributed by atoms with E-state index in [-0.39, 0.29) is 5.91 Å². The van der Waals surface area contributed by atoms with E-state index in [0.29, 0.717) is 37.8 Å². The van der Waals surface area contributed by atoms with Crippen LogP contribution in [-0.4, -0.2) is 56.4 Å². The summed E-state index contributed by atoms with van der Waals surface area (Å²) in [6, 6.07) is 0. The molecule has 1 aromatic heterocycles. The Labute approximate surface area is 133 Å². The van der Waals surface area contributed by atoms with Crippen molar-refractivity contribution in [1.29, 1.82) is 0 Å². The first kappa shape index (κ1) is 15.1. The molecule has 1 saturated carbocycles. The third-order valence-corrected chi connectivity index (χ3v) is 5.43. The van der Waals surface area contributed by atoms with Crippen LogP contribution >= 0.6 is 23.2 Å². The third kappa shape index (κ3) is 2.76. The smallest absolute Gasteiger partial charge is 0.231 e. The molecule has 21 heavy (non-hydrogen) atoms. The summed E-state index contributed by atoms with van der Waals surface area (Å²) in [7, 11) is 0. The fraction of sp³-hybridized carbons (Fsp3) is 0.769. The summed E-state index contributed by atoms with van der Waals surface area (Å²) in [5.41, 5.74) is -0.622. The summed E-state index contributed by atoms with van der Waals surface area (Å²) in [6.45, 7) is 7.17. The SMILES string of the molecule is Cc1nc(CN2CCN(C(=O)C3(C)CC3(Cl)Cl)CC2)no1. The number of hydrogen-bond donors (Lipinski definition) is 0. The Balaban J connectivity index is 1.52. The fourth-order valence-electron chi connectivity index (χ4n) is 2.70. The molecule has 1 saturated heterocycles. The highest BCUT2D eigenvalue weighted by atomic mass is 35.5. The zero-order valence-electron chi connectivity index (χ0n) is 12.1. The molecule has 1 unspecified atom stereocenters. The van der Waals surface area contributed by atoms with Crippen molar-refractivity contribution in [2.24, 2.45) is 5.41 Å². The van der Waals surface area contributed by atoms with E-state index in [1.54, 1.807) is 6.92 Å². The van der Waals surface area contributed by atoms with Gasteiger partial charge in [-0.3, -0.25) is 9.69 Å². The van der Waals surface area contributed by atoms with Gasteiger partial charge in [0.2, 0.25) is 11.8 Å². The molecule has 2 fully saturated rings. The first-order valence-corrected chi connectivity index (χ1v) is 7.76. The number of nitrogens with zero attached hydrogens (tertiary/aromatic N) is 4. The molecule has 0 bridgehead atoms. The van der Waals surface area contributed by atoms with Crippen molar-refractivity contribution in [2.45, 2.75) is 31.1 Å². The van der Waals surface area contributed by atoms with Crippen molar-refractivity contribution in [1.82, 2.24) is 19.9 Å². The number of halogens is 2. The average Bonchev–Trinajstić information content (AvgIpc) is 2.75. The maximum absolute atomic E-state index is 12.5. The van der Waals surface area contributed by atoms with E-state index >= 15 is 0 Å². The highest BCUT2D eigenvalue weighted by Gasteiger charge is 2.68. The van der Waals surface area contributed by atoms with Crippen LogP contribution in [0.3, 0.4) is 0 Å². The Hall–Kier alpha value is -0.850. The van der Waals surface area contributed by atoms with E-state index in [1.807, 2.05) is 11.8 Å². The number of carbonyl (C=O) groups is 1. The molecule has 1 atom stereocenters. The summed E-state index contributed by atoms with van der Waals surface area (Å²) >= 11 is 12.2. The van der Waals surface area contributed by atoms with Crippen LogP contribution in [0.5, 0.6) is 0 Å². The van der Waals surface area contributed by atoms with Gasteiger partial charge < -0.3 is 9.42 Å². The highest BCUT2D eigenvalue weighted by molar-refractivity contribution is 6.53. The van der Waals surface area contributed by atoms with Gasteiger partial charge in [-0.2, -0.15) is 4.98 Å². The number of alkyl halides is 2. The zero-order valence-corrected chi connectivity index (χ0v) is 13.6. The maximum atomic E-state index is 12.5. The van der Waals surface area contributed by atoms with Gasteiger partial charge in [-0.15, -0.1) is 23.2 Å². The summed E-state index contributed by atoms with van der Waals surface area (Å²) < 4.78 is 4.06. The van der Waals surface area contributed by atoms with Crippen molar-refractivity contribution in [3.05, 3.63) is 11.7 Å². The lowest BCUT2D eigenvalue weighted by Crippen LogP contribution is -2.50. The van der Waals surface area contributed by atoms with Crippen LogP contribution in [0.4, 0.5) is 0 Å². The van der Waals surface area contributed by atoms with Gasteiger partial charge in [0.1, 0.15) is 4.33 Å². The van der Waals surface area contributed by atoms with Crippen LogP contribution in [0.1, 0.15) is 25.1 Å². The van der Waals surface area contributed by atoms with E-state index < -0.39 is 9.75 Å². The van der Waals surface area contributed by atoms with Crippen molar-refractivity contribution in [3.63, 3.8) is 0 Å². The molecule has 1 aliphatic carbocycles. The summed E-state index contributed by atoms with van der Waals surface area (Å²) in [4.78, 5) is 20.7. The van der Waals surface area contributed by atoms with E-state index in [2.05, 4.69) is 15.0 Å². The Morgan fingerprint density at radius 2 is 1.95 bits per heavy atom. The van der Waals surface area contributed by atoms with E-state index in [4.69, 9.17) is 27.7 Å². The molecule has 2 heterocycles. The number of aryl methyl sites for hydroxylation is 1. The lowest BCUT2D eigenvalue weighted by atomic mass is 10.1. The molecule has 1 aliphatic heterocycles. The summed E-state index contributed by atoms with van der Waals surface area (Å²) in [5, 5.41) is 3.89. The van der Waals surface area contributed by atoms with Crippen LogP contribution in [0.15, 0.2) is 4.52 Å². The van der Waals surface area contributed by atoms with Gasteiger partial charge in [-0.1, -0.05) is 5.16 Å². The average molecular weight is 333 g/mol. The van der Waals surface area contributed by atoms with E-state index in [0.717, 1.165) is 13.1 Å². The molecule has 3 rings (SSSR count). The molecule has 0 radical (unpaired) electrons. The number of piperazine rings is 1. The molecule has 6 nitrogen and oxygen atoms in total. The first-order chi connectivity index (χ1) is 9.82. The first-order valence-electron chi connectivity index (χ1n) is 7.01. The van der Waals surface area contributed by atoms with Crippen LogP contribution in [0.25, 0.3) is 0 Å². The quantitative estimate of drug-likeness (QED) is 0.787. The Kier molecular flexibility index (Phi) is 3.66. The van der Waals surface area contributed by atoms with Gasteiger partial charge in [0.25, 0.3) is 0 Å². The number of aromatic nitrogens is 2. The molecule has 116 valence electrons. The predicted molar refractivity (Wildman–Crippen MR) is 78.1 cm³/mol. The summed E-state index contributed by atoms with van der Waals surface area (Å²) in [5.74, 6) is 1.31. The third-order valence-electron chi connectivity index (χ3n) is 4.32. The van der Waals surface area contributed by atoms with Crippen molar-refractivity contribution < 1.29 is 9.32 Å². The highest BCUT2D eigenvalue weighted by Crippen LogP contribution is 2.64. The van der Waals surface area contributed by atoms with Gasteiger partial charge in [0.15, 0.2) is 5.82 Å². The Morgan fingerprint density at radius 3 is 2.43 bits per heavy atom. The van der Waals surface area contributed by atoms with Crippen LogP contribution in [-0.2, 0) is 11.3 Å². The normalized spacial score (nSPS) is 28.7. The standard InChI is InChI=1S/C13H18Cl2N4O2/c1-9-16-10(17-21-9)7-18-3-5-19(6-4-18)11(20)12(2)8-13(12,14)15/h3-8H2,1-2H3. The van der Waals surface area contributed by atoms with E-state index in [1.165, 1.54) is 0 Å². The second-order valence-corrected chi connectivity index (χ2v) is 7.50.